The maximum absolute atomic E-state index is 6.30. The topological polar surface area (TPSA) is 42.1 Å². The Morgan fingerprint density at radius 3 is 2.89 bits per heavy atom. The fourth-order valence-corrected chi connectivity index (χ4v) is 3.79. The molecule has 3 nitrogen and oxygen atoms in total. The Balaban J connectivity index is 1.84. The maximum Gasteiger partial charge on any atom is 0.0897 e. The Morgan fingerprint density at radius 1 is 1.47 bits per heavy atom. The zero-order valence-corrected chi connectivity index (χ0v) is 13.2. The standard InChI is InChI=1S/C15H27N3S/c1-4-12-5-6-15(16)13(7-12)8-18(3)9-14-10-19-11(2)17-14/h10,12-13,15H,4-9,16H2,1-3H3. The first kappa shape index (κ1) is 14.9. The molecule has 0 bridgehead atoms. The van der Waals surface area contributed by atoms with Gasteiger partial charge in [0.25, 0.3) is 0 Å². The molecule has 0 amide bonds. The number of aromatic nitrogens is 1. The highest BCUT2D eigenvalue weighted by molar-refractivity contribution is 7.09. The molecule has 0 radical (unpaired) electrons. The highest BCUT2D eigenvalue weighted by atomic mass is 32.1. The van der Waals surface area contributed by atoms with Crippen LogP contribution in [0.1, 0.15) is 43.3 Å². The smallest absolute Gasteiger partial charge is 0.0897 e. The summed E-state index contributed by atoms with van der Waals surface area (Å²) in [6, 6.07) is 0.391. The number of aryl methyl sites for hydroxylation is 1. The van der Waals surface area contributed by atoms with Gasteiger partial charge >= 0.3 is 0 Å². The molecule has 1 aromatic heterocycles. The zero-order valence-electron chi connectivity index (χ0n) is 12.4. The van der Waals surface area contributed by atoms with Gasteiger partial charge in [-0.25, -0.2) is 4.98 Å². The molecule has 108 valence electrons. The summed E-state index contributed by atoms with van der Waals surface area (Å²) < 4.78 is 0. The number of hydrogen-bond donors (Lipinski definition) is 1. The molecular formula is C15H27N3S. The zero-order chi connectivity index (χ0) is 13.8. The lowest BCUT2D eigenvalue weighted by Crippen LogP contribution is -2.42. The molecule has 0 spiro atoms. The molecule has 1 aliphatic rings. The minimum atomic E-state index is 0.391. The minimum Gasteiger partial charge on any atom is -0.327 e. The molecule has 3 atom stereocenters. The molecule has 1 aliphatic carbocycles. The molecule has 2 N–H and O–H groups in total. The van der Waals surface area contributed by atoms with E-state index < -0.39 is 0 Å². The van der Waals surface area contributed by atoms with Crippen LogP contribution in [0.3, 0.4) is 0 Å². The second-order valence-corrected chi connectivity index (χ2v) is 7.13. The summed E-state index contributed by atoms with van der Waals surface area (Å²) in [6.45, 7) is 6.43. The van der Waals surface area contributed by atoms with Crippen molar-refractivity contribution in [2.24, 2.45) is 17.6 Å². The molecule has 0 aliphatic heterocycles. The third-order valence-corrected chi connectivity index (χ3v) is 5.19. The lowest BCUT2D eigenvalue weighted by Gasteiger charge is -2.36. The van der Waals surface area contributed by atoms with E-state index >= 15 is 0 Å². The maximum atomic E-state index is 6.30. The van der Waals surface area contributed by atoms with E-state index in [-0.39, 0.29) is 0 Å². The number of hydrogen-bond acceptors (Lipinski definition) is 4. The van der Waals surface area contributed by atoms with Gasteiger partial charge in [0.05, 0.1) is 10.7 Å². The van der Waals surface area contributed by atoms with E-state index in [9.17, 15) is 0 Å². The van der Waals surface area contributed by atoms with Gasteiger partial charge in [-0.15, -0.1) is 11.3 Å². The van der Waals surface area contributed by atoms with Crippen LogP contribution in [0.4, 0.5) is 0 Å². The molecule has 1 saturated carbocycles. The SMILES string of the molecule is CCC1CCC(N)C(CN(C)Cc2csc(C)n2)C1. The number of nitrogens with zero attached hydrogens (tertiary/aromatic N) is 2. The van der Waals surface area contributed by atoms with E-state index in [1.165, 1.54) is 31.4 Å². The molecule has 4 heteroatoms. The van der Waals surface area contributed by atoms with Crippen LogP contribution in [-0.4, -0.2) is 29.5 Å². The largest absolute Gasteiger partial charge is 0.327 e. The van der Waals surface area contributed by atoms with Crippen molar-refractivity contribution in [3.05, 3.63) is 16.1 Å². The normalized spacial score (nSPS) is 27.9. The summed E-state index contributed by atoms with van der Waals surface area (Å²) in [4.78, 5) is 6.93. The van der Waals surface area contributed by atoms with Crippen molar-refractivity contribution in [3.8, 4) is 0 Å². The van der Waals surface area contributed by atoms with E-state index in [0.29, 0.717) is 12.0 Å². The van der Waals surface area contributed by atoms with Gasteiger partial charge in [0.1, 0.15) is 0 Å². The highest BCUT2D eigenvalue weighted by Crippen LogP contribution is 2.30. The summed E-state index contributed by atoms with van der Waals surface area (Å²) in [7, 11) is 2.19. The predicted molar refractivity (Wildman–Crippen MR) is 82.3 cm³/mol. The first-order valence-corrected chi connectivity index (χ1v) is 8.31. The van der Waals surface area contributed by atoms with Crippen molar-refractivity contribution in [1.82, 2.24) is 9.88 Å². The average molecular weight is 281 g/mol. The first-order valence-electron chi connectivity index (χ1n) is 7.43. The number of rotatable bonds is 5. The summed E-state index contributed by atoms with van der Waals surface area (Å²) in [5, 5.41) is 3.32. The predicted octanol–water partition coefficient (Wildman–Crippen LogP) is 3.04. The lowest BCUT2D eigenvalue weighted by atomic mass is 9.77. The van der Waals surface area contributed by atoms with Crippen molar-refractivity contribution in [1.29, 1.82) is 0 Å². The fraction of sp³-hybridized carbons (Fsp3) is 0.800. The quantitative estimate of drug-likeness (QED) is 0.902. The summed E-state index contributed by atoms with van der Waals surface area (Å²) in [5.74, 6) is 1.54. The Bertz CT molecular complexity index is 390. The third-order valence-electron chi connectivity index (χ3n) is 4.37. The molecule has 0 aromatic carbocycles. The molecule has 3 unspecified atom stereocenters. The van der Waals surface area contributed by atoms with Gasteiger partial charge in [0, 0.05) is 24.5 Å². The second-order valence-electron chi connectivity index (χ2n) is 6.07. The van der Waals surface area contributed by atoms with Crippen LogP contribution in [0.2, 0.25) is 0 Å². The van der Waals surface area contributed by atoms with E-state index in [2.05, 4.69) is 36.2 Å². The monoisotopic (exact) mass is 281 g/mol. The Kier molecular flexibility index (Phi) is 5.37. The molecule has 1 heterocycles. The summed E-state index contributed by atoms with van der Waals surface area (Å²) in [5.41, 5.74) is 7.50. The van der Waals surface area contributed by atoms with E-state index in [1.807, 2.05) is 0 Å². The average Bonchev–Trinajstić information content (AvgIpc) is 2.77. The number of nitrogens with two attached hydrogens (primary N) is 1. The minimum absolute atomic E-state index is 0.391. The van der Waals surface area contributed by atoms with Crippen molar-refractivity contribution in [2.45, 2.75) is 52.1 Å². The van der Waals surface area contributed by atoms with E-state index in [1.54, 1.807) is 11.3 Å². The van der Waals surface area contributed by atoms with Crippen molar-refractivity contribution in [2.75, 3.05) is 13.6 Å². The van der Waals surface area contributed by atoms with Crippen LogP contribution < -0.4 is 5.73 Å². The molecule has 19 heavy (non-hydrogen) atoms. The van der Waals surface area contributed by atoms with Crippen LogP contribution >= 0.6 is 11.3 Å². The van der Waals surface area contributed by atoms with Gasteiger partial charge in [0.2, 0.25) is 0 Å². The Morgan fingerprint density at radius 2 is 2.26 bits per heavy atom. The van der Waals surface area contributed by atoms with Crippen LogP contribution in [-0.2, 0) is 6.54 Å². The first-order chi connectivity index (χ1) is 9.08. The lowest BCUT2D eigenvalue weighted by molar-refractivity contribution is 0.167. The Labute approximate surface area is 121 Å². The number of thiazole rings is 1. The van der Waals surface area contributed by atoms with Crippen LogP contribution in [0.25, 0.3) is 0 Å². The van der Waals surface area contributed by atoms with Crippen LogP contribution in [0, 0.1) is 18.8 Å². The van der Waals surface area contributed by atoms with Gasteiger partial charge in [-0.1, -0.05) is 13.3 Å². The van der Waals surface area contributed by atoms with Crippen LogP contribution in [0.15, 0.2) is 5.38 Å². The summed E-state index contributed by atoms with van der Waals surface area (Å²) in [6.07, 6.45) is 5.13. The van der Waals surface area contributed by atoms with Crippen molar-refractivity contribution in [3.63, 3.8) is 0 Å². The van der Waals surface area contributed by atoms with Gasteiger partial charge < -0.3 is 10.6 Å². The molecule has 1 fully saturated rings. The van der Waals surface area contributed by atoms with E-state index in [0.717, 1.165) is 24.0 Å². The van der Waals surface area contributed by atoms with Gasteiger partial charge in [-0.2, -0.15) is 0 Å². The molecular weight excluding hydrogens is 254 g/mol. The van der Waals surface area contributed by atoms with Crippen molar-refractivity contribution >= 4 is 11.3 Å². The molecule has 0 saturated heterocycles. The second kappa shape index (κ2) is 6.82. The van der Waals surface area contributed by atoms with E-state index in [4.69, 9.17) is 5.73 Å². The van der Waals surface area contributed by atoms with Gasteiger partial charge in [-0.3, -0.25) is 0 Å². The van der Waals surface area contributed by atoms with Gasteiger partial charge in [-0.05, 0) is 45.1 Å². The molecule has 2 rings (SSSR count). The fourth-order valence-electron chi connectivity index (χ4n) is 3.19. The van der Waals surface area contributed by atoms with Crippen LogP contribution in [0.5, 0.6) is 0 Å². The highest BCUT2D eigenvalue weighted by Gasteiger charge is 2.28. The van der Waals surface area contributed by atoms with Crippen molar-refractivity contribution < 1.29 is 0 Å². The van der Waals surface area contributed by atoms with Gasteiger partial charge in [0.15, 0.2) is 0 Å². The third kappa shape index (κ3) is 4.26. The molecule has 1 aromatic rings. The Hall–Kier alpha value is -0.450. The summed E-state index contributed by atoms with van der Waals surface area (Å²) >= 11 is 1.73.